The summed E-state index contributed by atoms with van der Waals surface area (Å²) in [6.45, 7) is 3.32. The molecule has 1 spiro atoms. The molecule has 12 nitrogen and oxygen atoms in total. The van der Waals surface area contributed by atoms with Gasteiger partial charge in [-0.3, -0.25) is 23.7 Å². The Morgan fingerprint density at radius 2 is 2.09 bits per heavy atom. The van der Waals surface area contributed by atoms with Crippen molar-refractivity contribution in [2.75, 3.05) is 26.2 Å². The number of amides is 2. The highest BCUT2D eigenvalue weighted by atomic mass is 16.5. The predicted molar refractivity (Wildman–Crippen MR) is 112 cm³/mol. The van der Waals surface area contributed by atoms with Crippen LogP contribution < -0.4 is 11.1 Å². The zero-order chi connectivity index (χ0) is 23.4. The van der Waals surface area contributed by atoms with E-state index in [1.807, 2.05) is 11.8 Å². The normalized spacial score (nSPS) is 25.0. The number of ether oxygens (including phenoxy) is 1. The van der Waals surface area contributed by atoms with Gasteiger partial charge in [-0.25, -0.2) is 9.97 Å². The van der Waals surface area contributed by atoms with Gasteiger partial charge in [-0.2, -0.15) is 0 Å². The number of nitrogens with zero attached hydrogens (tertiary/aromatic N) is 4. The van der Waals surface area contributed by atoms with Gasteiger partial charge in [0.05, 0.1) is 24.3 Å². The van der Waals surface area contributed by atoms with Crippen LogP contribution in [0.3, 0.4) is 0 Å². The number of likely N-dealkylation sites (tertiary alicyclic amines) is 1. The number of carboxylic acid groups (broad SMARTS) is 1. The fraction of sp³-hybridized carbons (Fsp3) is 0.550. The molecule has 4 heterocycles. The van der Waals surface area contributed by atoms with Crippen LogP contribution in [-0.2, 0) is 14.3 Å². The van der Waals surface area contributed by atoms with Crippen LogP contribution in [0.1, 0.15) is 36.7 Å². The summed E-state index contributed by atoms with van der Waals surface area (Å²) >= 11 is 0. The second-order valence-corrected chi connectivity index (χ2v) is 8.36. The standard InChI is InChI=1S/C19H26N6O4.CH2O2/c1-18(23-16(28)13-9-25-6-2-5-21-17(25)22-13)12-19(29-11-14(18)26)3-7-24(8-4-19)10-15(20)27;2-1-3/h2,5-6,9,14,26H,3-4,7-8,10-12H2,1H3,(H2,20,27)(H,23,28);1H,(H,2,3)/t14-,18-;/m1./s1. The lowest BCUT2D eigenvalue weighted by atomic mass is 9.74. The molecule has 2 aliphatic heterocycles. The van der Waals surface area contributed by atoms with Gasteiger partial charge in [0.25, 0.3) is 12.4 Å². The van der Waals surface area contributed by atoms with E-state index in [0.717, 1.165) is 0 Å². The fourth-order valence-corrected chi connectivity index (χ4v) is 4.33. The summed E-state index contributed by atoms with van der Waals surface area (Å²) in [6, 6.07) is 1.76. The molecule has 4 rings (SSSR count). The summed E-state index contributed by atoms with van der Waals surface area (Å²) in [4.78, 5) is 42.7. The van der Waals surface area contributed by atoms with E-state index in [1.54, 1.807) is 29.1 Å². The molecule has 5 N–H and O–H groups in total. The van der Waals surface area contributed by atoms with Crippen molar-refractivity contribution in [3.63, 3.8) is 0 Å². The molecule has 0 bridgehead atoms. The maximum Gasteiger partial charge on any atom is 0.290 e. The fourth-order valence-electron chi connectivity index (χ4n) is 4.33. The number of carbonyl (C=O) groups is 3. The first-order valence-corrected chi connectivity index (χ1v) is 10.2. The highest BCUT2D eigenvalue weighted by molar-refractivity contribution is 5.93. The van der Waals surface area contributed by atoms with E-state index in [9.17, 15) is 14.7 Å². The summed E-state index contributed by atoms with van der Waals surface area (Å²) in [7, 11) is 0. The van der Waals surface area contributed by atoms with Crippen LogP contribution in [0, 0.1) is 0 Å². The van der Waals surface area contributed by atoms with E-state index in [-0.39, 0.29) is 37.1 Å². The van der Waals surface area contributed by atoms with Crippen molar-refractivity contribution in [3.05, 3.63) is 30.4 Å². The molecule has 0 aliphatic carbocycles. The van der Waals surface area contributed by atoms with Gasteiger partial charge in [0.1, 0.15) is 11.8 Å². The van der Waals surface area contributed by atoms with Crippen LogP contribution in [0.4, 0.5) is 0 Å². The number of fused-ring (bicyclic) bond motifs is 1. The summed E-state index contributed by atoms with van der Waals surface area (Å²) in [5, 5.41) is 20.5. The van der Waals surface area contributed by atoms with Crippen LogP contribution in [0.15, 0.2) is 24.7 Å². The molecule has 2 fully saturated rings. The van der Waals surface area contributed by atoms with Crippen LogP contribution in [0.25, 0.3) is 5.78 Å². The number of hydrogen-bond donors (Lipinski definition) is 4. The highest BCUT2D eigenvalue weighted by Crippen LogP contribution is 2.39. The van der Waals surface area contributed by atoms with Crippen molar-refractivity contribution in [1.82, 2.24) is 24.6 Å². The lowest BCUT2D eigenvalue weighted by Gasteiger charge is -2.51. The van der Waals surface area contributed by atoms with Crippen molar-refractivity contribution in [1.29, 1.82) is 0 Å². The Hall–Kier alpha value is -3.09. The van der Waals surface area contributed by atoms with Crippen LogP contribution in [0.5, 0.6) is 0 Å². The van der Waals surface area contributed by atoms with Gasteiger partial charge >= 0.3 is 0 Å². The first-order chi connectivity index (χ1) is 15.2. The number of aromatic nitrogens is 3. The second kappa shape index (κ2) is 9.59. The third-order valence-electron chi connectivity index (χ3n) is 5.99. The minimum Gasteiger partial charge on any atom is -0.483 e. The molecular weight excluding hydrogens is 420 g/mol. The Kier molecular flexibility index (Phi) is 7.06. The van der Waals surface area contributed by atoms with Crippen LogP contribution >= 0.6 is 0 Å². The molecule has 32 heavy (non-hydrogen) atoms. The Labute approximate surface area is 184 Å². The predicted octanol–water partition coefficient (Wildman–Crippen LogP) is -0.980. The molecular formula is C20H28N6O6. The summed E-state index contributed by atoms with van der Waals surface area (Å²) < 4.78 is 7.70. The molecule has 2 aromatic rings. The van der Waals surface area contributed by atoms with E-state index >= 15 is 0 Å². The molecule has 0 saturated carbocycles. The number of primary amides is 1. The van der Waals surface area contributed by atoms with Crippen molar-refractivity contribution < 1.29 is 29.3 Å². The maximum atomic E-state index is 12.9. The van der Waals surface area contributed by atoms with Gasteiger partial charge in [-0.15, -0.1) is 0 Å². The quantitative estimate of drug-likeness (QED) is 0.429. The van der Waals surface area contributed by atoms with Gasteiger partial charge in [0, 0.05) is 38.1 Å². The molecule has 0 radical (unpaired) electrons. The van der Waals surface area contributed by atoms with Gasteiger partial charge < -0.3 is 26.0 Å². The van der Waals surface area contributed by atoms with Crippen molar-refractivity contribution in [3.8, 4) is 0 Å². The second-order valence-electron chi connectivity index (χ2n) is 8.36. The van der Waals surface area contributed by atoms with Gasteiger partial charge in [0.2, 0.25) is 11.7 Å². The summed E-state index contributed by atoms with van der Waals surface area (Å²) in [5.74, 6) is -0.270. The van der Waals surface area contributed by atoms with E-state index in [4.69, 9.17) is 20.4 Å². The first kappa shape index (κ1) is 23.6. The van der Waals surface area contributed by atoms with Gasteiger partial charge in [-0.05, 0) is 25.8 Å². The minimum absolute atomic E-state index is 0.138. The molecule has 0 unspecified atom stereocenters. The average molecular weight is 448 g/mol. The maximum absolute atomic E-state index is 12.9. The van der Waals surface area contributed by atoms with Crippen molar-refractivity contribution in [2.45, 2.75) is 43.4 Å². The zero-order valence-electron chi connectivity index (χ0n) is 17.8. The number of imidazole rings is 1. The minimum atomic E-state index is -0.857. The SMILES string of the molecule is C[C@@]1(NC(=O)c2cn3cccnc3n2)CC2(CCN(CC(N)=O)CC2)OC[C@H]1O.O=CO. The molecule has 2 amide bonds. The first-order valence-electron chi connectivity index (χ1n) is 10.2. The number of nitrogens with two attached hydrogens (primary N) is 1. The number of hydrogen-bond acceptors (Lipinski definition) is 8. The largest absolute Gasteiger partial charge is 0.483 e. The van der Waals surface area contributed by atoms with E-state index in [2.05, 4.69) is 15.3 Å². The van der Waals surface area contributed by atoms with Crippen LogP contribution in [-0.4, -0.2) is 91.3 Å². The molecule has 174 valence electrons. The number of piperidine rings is 1. The summed E-state index contributed by atoms with van der Waals surface area (Å²) in [5.41, 5.74) is 4.23. The topological polar surface area (TPSA) is 172 Å². The van der Waals surface area contributed by atoms with Gasteiger partial charge in [-0.1, -0.05) is 0 Å². The monoisotopic (exact) mass is 448 g/mol. The third-order valence-corrected chi connectivity index (χ3v) is 5.99. The molecule has 2 saturated heterocycles. The van der Waals surface area contributed by atoms with E-state index < -0.39 is 17.2 Å². The Bertz CT molecular complexity index is 939. The Balaban J connectivity index is 0.000000913. The number of carbonyl (C=O) groups excluding carboxylic acids is 2. The average Bonchev–Trinajstić information content (AvgIpc) is 3.18. The molecule has 2 aliphatic rings. The Morgan fingerprint density at radius 1 is 1.41 bits per heavy atom. The van der Waals surface area contributed by atoms with Gasteiger partial charge in [0.15, 0.2) is 0 Å². The van der Waals surface area contributed by atoms with Crippen LogP contribution in [0.2, 0.25) is 0 Å². The molecule has 2 aromatic heterocycles. The number of nitrogens with one attached hydrogen (secondary N) is 1. The van der Waals surface area contributed by atoms with E-state index in [1.165, 1.54) is 0 Å². The smallest absolute Gasteiger partial charge is 0.290 e. The lowest BCUT2D eigenvalue weighted by molar-refractivity contribution is -0.177. The summed E-state index contributed by atoms with van der Waals surface area (Å²) in [6.07, 6.45) is 6.05. The lowest BCUT2D eigenvalue weighted by Crippen LogP contribution is -2.65. The zero-order valence-corrected chi connectivity index (χ0v) is 17.8. The number of aliphatic hydroxyl groups is 1. The highest BCUT2D eigenvalue weighted by Gasteiger charge is 2.50. The molecule has 0 aromatic carbocycles. The Morgan fingerprint density at radius 3 is 2.72 bits per heavy atom. The number of rotatable bonds is 4. The molecule has 2 atom stereocenters. The third kappa shape index (κ3) is 5.21. The van der Waals surface area contributed by atoms with E-state index in [0.29, 0.717) is 38.1 Å². The van der Waals surface area contributed by atoms with Crippen molar-refractivity contribution >= 4 is 24.1 Å². The molecule has 12 heteroatoms. The number of aliphatic hydroxyl groups excluding tert-OH is 1. The van der Waals surface area contributed by atoms with Crippen molar-refractivity contribution in [2.24, 2.45) is 5.73 Å².